The average molecular weight is 1130 g/mol. The van der Waals surface area contributed by atoms with Crippen molar-refractivity contribution in [2.75, 3.05) is 51.2 Å². The Balaban J connectivity index is 0.000000287. The summed E-state index contributed by atoms with van der Waals surface area (Å²) >= 11 is 1.17. The van der Waals surface area contributed by atoms with Crippen molar-refractivity contribution >= 4 is 86.2 Å². The molecule has 73 heavy (non-hydrogen) atoms. The first-order valence-electron chi connectivity index (χ1n) is 23.2. The zero-order chi connectivity index (χ0) is 52.3. The quantitative estimate of drug-likeness (QED) is 0.0288. The van der Waals surface area contributed by atoms with Crippen LogP contribution in [0.3, 0.4) is 0 Å². The van der Waals surface area contributed by atoms with Crippen LogP contribution >= 0.6 is 12.0 Å². The summed E-state index contributed by atoms with van der Waals surface area (Å²) in [6.07, 6.45) is 17.1. The van der Waals surface area contributed by atoms with Crippen molar-refractivity contribution in [3.8, 4) is 22.8 Å². The first kappa shape index (κ1) is 60.5. The van der Waals surface area contributed by atoms with Gasteiger partial charge in [-0.05, 0) is 47.2 Å². The van der Waals surface area contributed by atoms with Crippen molar-refractivity contribution < 1.29 is 51.6 Å². The van der Waals surface area contributed by atoms with E-state index in [-0.39, 0.29) is 28.9 Å². The maximum Gasteiger partial charge on any atom is 2.00 e. The van der Waals surface area contributed by atoms with Gasteiger partial charge in [-0.15, -0.1) is 9.32 Å². The number of hydrogen-bond donors (Lipinski definition) is 4. The molecule has 8 bridgehead atoms. The van der Waals surface area contributed by atoms with Gasteiger partial charge in [0, 0.05) is 90.0 Å². The molecule has 0 fully saturated rings. The van der Waals surface area contributed by atoms with Gasteiger partial charge in [0.25, 0.3) is 0 Å². The molecular formula is C48H62CuN12O8S4. The predicted octanol–water partition coefficient (Wildman–Crippen LogP) is 6.75. The average Bonchev–Trinajstić information content (AvgIpc) is 4.09. The van der Waals surface area contributed by atoms with Crippen molar-refractivity contribution in [2.45, 2.75) is 65.2 Å². The molecule has 9 rings (SSSR count). The first-order valence-corrected chi connectivity index (χ1v) is 30.0. The van der Waals surface area contributed by atoms with Crippen LogP contribution in [-0.2, 0) is 56.5 Å². The van der Waals surface area contributed by atoms with Gasteiger partial charge in [0.05, 0.1) is 42.1 Å². The summed E-state index contributed by atoms with van der Waals surface area (Å²) in [4.78, 5) is 44.0. The van der Waals surface area contributed by atoms with E-state index >= 15 is 0 Å². The molecule has 5 heterocycles. The van der Waals surface area contributed by atoms with Crippen LogP contribution in [0.2, 0.25) is 0 Å². The van der Waals surface area contributed by atoms with Crippen LogP contribution in [0.25, 0.3) is 66.9 Å². The maximum atomic E-state index is 10.3. The van der Waals surface area contributed by atoms with E-state index in [0.29, 0.717) is 65.5 Å². The van der Waals surface area contributed by atoms with E-state index in [2.05, 4.69) is 48.0 Å². The molecule has 0 saturated heterocycles. The molecule has 0 spiro atoms. The van der Waals surface area contributed by atoms with Crippen LogP contribution in [0.5, 0.6) is 0 Å². The number of hydrogen-bond acceptors (Lipinski definition) is 16. The Kier molecular flexibility index (Phi) is 24.2. The second-order valence-corrected chi connectivity index (χ2v) is 22.2. The minimum atomic E-state index is -2.94. The van der Waals surface area contributed by atoms with Gasteiger partial charge < -0.3 is 29.9 Å². The Bertz CT molecular complexity index is 3090. The van der Waals surface area contributed by atoms with Crippen molar-refractivity contribution in [3.63, 3.8) is 0 Å². The van der Waals surface area contributed by atoms with E-state index in [1.807, 2.05) is 106 Å². The van der Waals surface area contributed by atoms with E-state index in [1.54, 1.807) is 6.26 Å². The van der Waals surface area contributed by atoms with E-state index in [1.165, 1.54) is 12.0 Å². The second kappa shape index (κ2) is 29.2. The monoisotopic (exact) mass is 1130 g/mol. The Labute approximate surface area is 442 Å². The minimum absolute atomic E-state index is 0. The number of allylic oxidation sites excluding steroid dienone is 4. The summed E-state index contributed by atoms with van der Waals surface area (Å²) in [5, 5.41) is 3.65. The summed E-state index contributed by atoms with van der Waals surface area (Å²) in [7, 11) is -8.81. The van der Waals surface area contributed by atoms with Crippen LogP contribution in [0, 0.1) is 0 Å². The second-order valence-electron chi connectivity index (χ2n) is 16.2. The third-order valence-electron chi connectivity index (χ3n) is 10.0. The fourth-order valence-electron chi connectivity index (χ4n) is 6.84. The fraction of sp³-hybridized carbons (Fsp3) is 0.375. The number of hydroxylamine groups is 1. The first-order chi connectivity index (χ1) is 34.4. The molecule has 1 aliphatic carbocycles. The molecule has 25 heteroatoms. The topological polar surface area (TPSA) is 275 Å². The zero-order valence-electron chi connectivity index (χ0n) is 41.8. The Hall–Kier alpha value is -5.02. The normalized spacial score (nSPS) is 14.4. The molecule has 2 unspecified atom stereocenters. The molecule has 3 aromatic carbocycles. The van der Waals surface area contributed by atoms with Gasteiger partial charge in [0.2, 0.25) is 30.1 Å². The molecule has 3 aromatic heterocycles. The summed E-state index contributed by atoms with van der Waals surface area (Å²) in [5.74, 6) is 2.39. The van der Waals surface area contributed by atoms with Gasteiger partial charge in [-0.1, -0.05) is 125 Å². The summed E-state index contributed by atoms with van der Waals surface area (Å²) in [6.45, 7) is 10.2. The van der Waals surface area contributed by atoms with Gasteiger partial charge in [-0.25, -0.2) is 44.4 Å². The van der Waals surface area contributed by atoms with Crippen LogP contribution in [0.4, 0.5) is 0 Å². The molecule has 20 nitrogen and oxygen atoms in total. The van der Waals surface area contributed by atoms with E-state index in [9.17, 15) is 25.3 Å². The van der Waals surface area contributed by atoms with Crippen LogP contribution in [0.1, 0.15) is 76.9 Å². The number of nitrogens with one attached hydrogen (secondary N) is 4. The predicted molar refractivity (Wildman–Crippen MR) is 287 cm³/mol. The maximum absolute atomic E-state index is 10.3. The molecule has 2 atom stereocenters. The van der Waals surface area contributed by atoms with Crippen LogP contribution in [0.15, 0.2) is 97.1 Å². The molecular weight excluding hydrogens is 1060 g/mol. The van der Waals surface area contributed by atoms with Gasteiger partial charge in [-0.2, -0.15) is 5.48 Å². The van der Waals surface area contributed by atoms with E-state index < -0.39 is 30.1 Å². The third kappa shape index (κ3) is 18.7. The molecule has 2 aliphatic heterocycles. The molecule has 6 aromatic rings. The summed E-state index contributed by atoms with van der Waals surface area (Å²) in [5.41, 5.74) is 6.70. The van der Waals surface area contributed by atoms with Gasteiger partial charge >= 0.3 is 17.1 Å². The van der Waals surface area contributed by atoms with Gasteiger partial charge in [-0.3, -0.25) is 4.98 Å². The summed E-state index contributed by atoms with van der Waals surface area (Å²) in [6, 6.07) is 24.0. The number of sulfonamides is 3. The van der Waals surface area contributed by atoms with Crippen molar-refractivity contribution in [1.82, 2.24) is 59.5 Å². The number of benzene rings is 3. The summed E-state index contributed by atoms with van der Waals surface area (Å²) < 4.78 is 73.1. The van der Waals surface area contributed by atoms with Crippen molar-refractivity contribution in [3.05, 3.63) is 109 Å². The number of aromatic nitrogens is 8. The van der Waals surface area contributed by atoms with Crippen molar-refractivity contribution in [1.29, 1.82) is 0 Å². The zero-order valence-corrected chi connectivity index (χ0v) is 46.0. The van der Waals surface area contributed by atoms with Crippen molar-refractivity contribution in [2.24, 2.45) is 0 Å². The molecule has 0 saturated carbocycles. The van der Waals surface area contributed by atoms with E-state index in [4.69, 9.17) is 39.9 Å². The van der Waals surface area contributed by atoms with E-state index in [0.717, 1.165) is 83.7 Å². The number of rotatable bonds is 14. The fourth-order valence-corrected chi connectivity index (χ4v) is 8.68. The van der Waals surface area contributed by atoms with Crippen LogP contribution < -0.4 is 29.6 Å². The Morgan fingerprint density at radius 2 is 0.849 bits per heavy atom. The number of nitrogens with zero attached hydrogens (tertiary/aromatic N) is 8. The van der Waals surface area contributed by atoms with Gasteiger partial charge in [0.15, 0.2) is 0 Å². The Morgan fingerprint density at radius 1 is 0.507 bits per heavy atom. The molecule has 0 amide bonds. The molecule has 4 N–H and O–H groups in total. The smallest absolute Gasteiger partial charge is 0.357 e. The largest absolute Gasteiger partial charge is 2.00 e. The Morgan fingerprint density at radius 3 is 1.16 bits per heavy atom. The number of fused-ring (bicyclic) bond motifs is 20. The van der Waals surface area contributed by atoms with Gasteiger partial charge in [0.1, 0.15) is 0 Å². The molecule has 3 aliphatic rings. The third-order valence-corrected chi connectivity index (χ3v) is 12.4. The standard InChI is InChI=1S/C32H18N8.4C4H11NO2S.Cu/c1-2-10-18-17(9-1)25-33-26(18)38-28-21-13-5-6-14-22(21)30(35-28)40-32-24-16-8-7-15-23(24)31(36-32)39-29-20-12-4-3-11-19(20)27(34-29)37-25;3*1-3-4-5-8(2,6)7;1-3-4-5-6-7-8-2;/h1-18H;4*5H,3-4H2,1-2H3;/q-2;;;;;+2. The molecule has 1 radical (unpaired) electrons. The molecule has 397 valence electrons. The SMILES string of the molecule is C1=CC2c3nc(nc4[n-]c(nc5nc(nc6[n-]c(n3)c3ccccc63)-c3ccccc3-5)c3ccccc43)C2C=C1.CCCNOOSC.CCCNS(C)(=O)=O.CCCNS(C)(=O)=O.CCCNS(C)(=O)=O.[Cu+2]. The van der Waals surface area contributed by atoms with Crippen LogP contribution in [-0.4, -0.2) is 106 Å². The minimum Gasteiger partial charge on any atom is -0.357 e.